The molecule has 2 aliphatic rings. The molecule has 31 heavy (non-hydrogen) atoms. The molecular weight excluding hydrogens is 414 g/mol. The highest BCUT2D eigenvalue weighted by molar-refractivity contribution is 6.35. The minimum Gasteiger partial charge on any atom is -0.377 e. The van der Waals surface area contributed by atoms with Crippen LogP contribution in [-0.2, 0) is 11.3 Å². The fraction of sp³-hybridized carbons (Fsp3) is 0.417. The Kier molecular flexibility index (Phi) is 6.60. The summed E-state index contributed by atoms with van der Waals surface area (Å²) in [5, 5.41) is 0.218. The van der Waals surface area contributed by atoms with Crippen molar-refractivity contribution in [1.82, 2.24) is 4.90 Å². The number of hydrogen-bond donors (Lipinski definition) is 1. The number of likely N-dealkylation sites (N-methyl/N-ethyl adjacent to an activating group) is 1. The van der Waals surface area contributed by atoms with Gasteiger partial charge in [0.1, 0.15) is 0 Å². The van der Waals surface area contributed by atoms with E-state index in [0.29, 0.717) is 24.8 Å². The van der Waals surface area contributed by atoms with Gasteiger partial charge < -0.3 is 15.4 Å². The maximum absolute atomic E-state index is 13.6. The highest BCUT2D eigenvalue weighted by Crippen LogP contribution is 2.30. The molecule has 1 unspecified atom stereocenters. The molecule has 2 aromatic carbocycles. The predicted octanol–water partition coefficient (Wildman–Crippen LogP) is 3.86. The molecule has 1 fully saturated rings. The maximum Gasteiger partial charge on any atom is 0.259 e. The summed E-state index contributed by atoms with van der Waals surface area (Å²) in [6.07, 6.45) is 4.99. The zero-order valence-corrected chi connectivity index (χ0v) is 18.5. The van der Waals surface area contributed by atoms with Crippen molar-refractivity contribution in [2.24, 2.45) is 5.73 Å². The number of para-hydroxylation sites is 1. The molecule has 1 aliphatic carbocycles. The molecule has 2 amide bonds. The van der Waals surface area contributed by atoms with Gasteiger partial charge in [-0.2, -0.15) is 0 Å². The van der Waals surface area contributed by atoms with Gasteiger partial charge in [-0.3, -0.25) is 14.5 Å². The van der Waals surface area contributed by atoms with E-state index < -0.39 is 5.91 Å². The maximum atomic E-state index is 13.6. The third kappa shape index (κ3) is 4.76. The SMILES string of the molecule is CN1Cc2ccccc2N(C(=O)c2ccc(C(N)=O)cc2Cl)CC1COC1CCCC1. The van der Waals surface area contributed by atoms with Gasteiger partial charge in [-0.15, -0.1) is 0 Å². The van der Waals surface area contributed by atoms with Crippen molar-refractivity contribution in [1.29, 1.82) is 0 Å². The van der Waals surface area contributed by atoms with Gasteiger partial charge in [0.2, 0.25) is 5.91 Å². The van der Waals surface area contributed by atoms with E-state index in [-0.39, 0.29) is 22.5 Å². The van der Waals surface area contributed by atoms with Crippen LogP contribution in [0.1, 0.15) is 52.0 Å². The van der Waals surface area contributed by atoms with E-state index >= 15 is 0 Å². The number of anilines is 1. The number of benzene rings is 2. The van der Waals surface area contributed by atoms with E-state index in [0.717, 1.165) is 30.6 Å². The molecule has 0 bridgehead atoms. The Hall–Kier alpha value is -2.41. The van der Waals surface area contributed by atoms with Gasteiger partial charge in [-0.05, 0) is 49.7 Å². The first-order valence-corrected chi connectivity index (χ1v) is 11.1. The van der Waals surface area contributed by atoms with Crippen molar-refractivity contribution in [3.8, 4) is 0 Å². The molecule has 1 heterocycles. The number of ether oxygens (including phenoxy) is 1. The van der Waals surface area contributed by atoms with Crippen LogP contribution < -0.4 is 10.6 Å². The molecule has 6 nitrogen and oxygen atoms in total. The highest BCUT2D eigenvalue weighted by Gasteiger charge is 2.31. The Labute approximate surface area is 187 Å². The molecule has 1 aliphatic heterocycles. The van der Waals surface area contributed by atoms with Crippen LogP contribution in [0.4, 0.5) is 5.69 Å². The topological polar surface area (TPSA) is 75.9 Å². The van der Waals surface area contributed by atoms with Crippen molar-refractivity contribution in [2.45, 2.75) is 44.4 Å². The average Bonchev–Trinajstić information content (AvgIpc) is 3.22. The van der Waals surface area contributed by atoms with E-state index in [1.807, 2.05) is 24.3 Å². The van der Waals surface area contributed by atoms with Gasteiger partial charge in [0.15, 0.2) is 0 Å². The molecule has 7 heteroatoms. The number of amides is 2. The number of halogens is 1. The van der Waals surface area contributed by atoms with Crippen LogP contribution in [0.25, 0.3) is 0 Å². The molecular formula is C24H28ClN3O3. The fourth-order valence-electron chi connectivity index (χ4n) is 4.42. The molecule has 0 saturated heterocycles. The summed E-state index contributed by atoms with van der Waals surface area (Å²) in [5.41, 5.74) is 7.92. The van der Waals surface area contributed by atoms with Gasteiger partial charge in [-0.1, -0.05) is 42.6 Å². The Morgan fingerprint density at radius 3 is 2.61 bits per heavy atom. The van der Waals surface area contributed by atoms with Crippen LogP contribution in [0, 0.1) is 0 Å². The largest absolute Gasteiger partial charge is 0.377 e. The smallest absolute Gasteiger partial charge is 0.259 e. The van der Waals surface area contributed by atoms with Crippen LogP contribution >= 0.6 is 11.6 Å². The Balaban J connectivity index is 1.62. The molecule has 0 radical (unpaired) electrons. The van der Waals surface area contributed by atoms with Gasteiger partial charge in [0.25, 0.3) is 5.91 Å². The number of rotatable bonds is 5. The number of carbonyl (C=O) groups excluding carboxylic acids is 2. The number of nitrogens with zero attached hydrogens (tertiary/aromatic N) is 2. The number of nitrogens with two attached hydrogens (primary N) is 1. The Morgan fingerprint density at radius 1 is 1.16 bits per heavy atom. The quantitative estimate of drug-likeness (QED) is 0.764. The van der Waals surface area contributed by atoms with Crippen molar-refractivity contribution < 1.29 is 14.3 Å². The van der Waals surface area contributed by atoms with Crippen LogP contribution in [0.5, 0.6) is 0 Å². The second kappa shape index (κ2) is 9.39. The van der Waals surface area contributed by atoms with Crippen LogP contribution in [0.2, 0.25) is 5.02 Å². The minimum absolute atomic E-state index is 0.0561. The third-order valence-corrected chi connectivity index (χ3v) is 6.59. The van der Waals surface area contributed by atoms with E-state index in [9.17, 15) is 9.59 Å². The summed E-state index contributed by atoms with van der Waals surface area (Å²) in [5.74, 6) is -0.776. The second-order valence-corrected chi connectivity index (χ2v) is 8.82. The summed E-state index contributed by atoms with van der Waals surface area (Å²) in [6, 6.07) is 12.6. The first-order chi connectivity index (χ1) is 14.9. The normalized spacial score (nSPS) is 19.8. The summed E-state index contributed by atoms with van der Waals surface area (Å²) in [6.45, 7) is 1.80. The van der Waals surface area contributed by atoms with Gasteiger partial charge in [-0.25, -0.2) is 0 Å². The molecule has 0 spiro atoms. The number of carbonyl (C=O) groups is 2. The molecule has 164 valence electrons. The van der Waals surface area contributed by atoms with E-state index in [4.69, 9.17) is 22.1 Å². The summed E-state index contributed by atoms with van der Waals surface area (Å²) in [7, 11) is 2.07. The van der Waals surface area contributed by atoms with E-state index in [1.165, 1.54) is 25.0 Å². The lowest BCUT2D eigenvalue weighted by Crippen LogP contribution is -2.45. The summed E-state index contributed by atoms with van der Waals surface area (Å²) in [4.78, 5) is 29.1. The van der Waals surface area contributed by atoms with Gasteiger partial charge in [0, 0.05) is 24.3 Å². The molecule has 1 atom stereocenters. The van der Waals surface area contributed by atoms with Crippen molar-refractivity contribution in [3.63, 3.8) is 0 Å². The minimum atomic E-state index is -0.577. The lowest BCUT2D eigenvalue weighted by molar-refractivity contribution is 0.0186. The van der Waals surface area contributed by atoms with E-state index in [2.05, 4.69) is 11.9 Å². The zero-order valence-electron chi connectivity index (χ0n) is 17.7. The number of primary amides is 1. The Morgan fingerprint density at radius 2 is 1.90 bits per heavy atom. The predicted molar refractivity (Wildman–Crippen MR) is 122 cm³/mol. The molecule has 4 rings (SSSR count). The Bertz CT molecular complexity index is 974. The lowest BCUT2D eigenvalue weighted by atomic mass is 10.1. The van der Waals surface area contributed by atoms with Crippen molar-refractivity contribution >= 4 is 29.1 Å². The molecule has 1 saturated carbocycles. The average molecular weight is 442 g/mol. The monoisotopic (exact) mass is 441 g/mol. The van der Waals surface area contributed by atoms with Crippen molar-refractivity contribution in [3.05, 3.63) is 64.2 Å². The zero-order chi connectivity index (χ0) is 22.0. The number of fused-ring (bicyclic) bond motifs is 1. The fourth-order valence-corrected chi connectivity index (χ4v) is 4.68. The molecule has 0 aromatic heterocycles. The van der Waals surface area contributed by atoms with Gasteiger partial charge >= 0.3 is 0 Å². The molecule has 2 aromatic rings. The third-order valence-electron chi connectivity index (χ3n) is 6.27. The van der Waals surface area contributed by atoms with Gasteiger partial charge in [0.05, 0.1) is 29.3 Å². The highest BCUT2D eigenvalue weighted by atomic mass is 35.5. The van der Waals surface area contributed by atoms with Crippen LogP contribution in [-0.4, -0.2) is 49.1 Å². The molecule has 2 N–H and O–H groups in total. The lowest BCUT2D eigenvalue weighted by Gasteiger charge is -2.30. The standard InChI is InChI=1S/C24H28ClN3O3/c1-27-13-17-6-2-5-9-22(17)28(14-18(27)15-31-19-7-3-4-8-19)24(30)20-11-10-16(23(26)29)12-21(20)25/h2,5-6,9-12,18-19H,3-4,7-8,13-15H2,1H3,(H2,26,29). The first-order valence-electron chi connectivity index (χ1n) is 10.7. The van der Waals surface area contributed by atoms with Crippen LogP contribution in [0.3, 0.4) is 0 Å². The first kappa shape index (κ1) is 21.8. The van der Waals surface area contributed by atoms with Crippen LogP contribution in [0.15, 0.2) is 42.5 Å². The van der Waals surface area contributed by atoms with Crippen molar-refractivity contribution in [2.75, 3.05) is 25.1 Å². The summed E-state index contributed by atoms with van der Waals surface area (Å²) >= 11 is 6.38. The van der Waals surface area contributed by atoms with E-state index in [1.54, 1.807) is 11.0 Å². The second-order valence-electron chi connectivity index (χ2n) is 8.41. The number of hydrogen-bond acceptors (Lipinski definition) is 4. The summed E-state index contributed by atoms with van der Waals surface area (Å²) < 4.78 is 6.21.